The highest BCUT2D eigenvalue weighted by Gasteiger charge is 2.10. The Bertz CT molecular complexity index is 904. The number of pyridine rings is 1. The quantitative estimate of drug-likeness (QED) is 0.712. The van der Waals surface area contributed by atoms with Gasteiger partial charge in [-0.1, -0.05) is 30.3 Å². The van der Waals surface area contributed by atoms with Crippen molar-refractivity contribution < 1.29 is 18.7 Å². The largest absolute Gasteiger partial charge is 0.457 e. The molecule has 0 saturated heterocycles. The minimum atomic E-state index is -0.747. The monoisotopic (exact) mass is 353 g/mol. The second-order valence-corrected chi connectivity index (χ2v) is 5.35. The highest BCUT2D eigenvalue weighted by Crippen LogP contribution is 2.26. The summed E-state index contributed by atoms with van der Waals surface area (Å²) in [5, 5.41) is 2.36. The van der Waals surface area contributed by atoms with Crippen molar-refractivity contribution in [3.05, 3.63) is 78.2 Å². The average Bonchev–Trinajstić information content (AvgIpc) is 2.63. The van der Waals surface area contributed by atoms with E-state index in [1.165, 1.54) is 24.4 Å². The molecule has 1 amide bonds. The molecule has 1 heterocycles. The number of nitrogens with two attached hydrogens (primary N) is 1. The van der Waals surface area contributed by atoms with Crippen LogP contribution in [0.15, 0.2) is 66.9 Å². The van der Waals surface area contributed by atoms with Crippen LogP contribution in [-0.2, 0) is 11.3 Å². The Hall–Kier alpha value is -3.61. The van der Waals surface area contributed by atoms with Crippen LogP contribution in [0.5, 0.6) is 11.5 Å². The Morgan fingerprint density at radius 2 is 1.85 bits per heavy atom. The number of aromatic nitrogens is 1. The number of nitrogens with zero attached hydrogens (tertiary/aromatic N) is 1. The minimum absolute atomic E-state index is 0.00958. The zero-order valence-electron chi connectivity index (χ0n) is 13.7. The number of hydrogen-bond acceptors (Lipinski definition) is 5. The molecule has 0 fully saturated rings. The van der Waals surface area contributed by atoms with Gasteiger partial charge < -0.3 is 15.2 Å². The van der Waals surface area contributed by atoms with Crippen molar-refractivity contribution in [3.8, 4) is 11.5 Å². The maximum absolute atomic E-state index is 14.2. The van der Waals surface area contributed by atoms with Gasteiger partial charge >= 0.3 is 6.09 Å². The summed E-state index contributed by atoms with van der Waals surface area (Å²) in [7, 11) is 0. The Balaban J connectivity index is 1.59. The number of carbonyl (C=O) groups excluding carboxylic acids is 1. The van der Waals surface area contributed by atoms with Gasteiger partial charge in [0, 0.05) is 18.3 Å². The van der Waals surface area contributed by atoms with Crippen LogP contribution in [0.25, 0.3) is 0 Å². The first-order valence-corrected chi connectivity index (χ1v) is 7.77. The van der Waals surface area contributed by atoms with Gasteiger partial charge in [-0.2, -0.15) is 0 Å². The molecule has 3 N–H and O–H groups in total. The van der Waals surface area contributed by atoms with Gasteiger partial charge in [0.05, 0.1) is 5.69 Å². The summed E-state index contributed by atoms with van der Waals surface area (Å²) >= 11 is 0. The molecule has 0 unspecified atom stereocenters. The van der Waals surface area contributed by atoms with E-state index < -0.39 is 11.9 Å². The fraction of sp³-hybridized carbons (Fsp3) is 0.0526. The van der Waals surface area contributed by atoms with Gasteiger partial charge in [0.15, 0.2) is 5.82 Å². The summed E-state index contributed by atoms with van der Waals surface area (Å²) in [6.45, 7) is 0.0962. The van der Waals surface area contributed by atoms with E-state index in [1.807, 2.05) is 30.3 Å². The zero-order chi connectivity index (χ0) is 18.4. The first kappa shape index (κ1) is 17.2. The Morgan fingerprint density at radius 3 is 2.58 bits per heavy atom. The van der Waals surface area contributed by atoms with Crippen LogP contribution in [0, 0.1) is 5.82 Å². The molecule has 0 spiro atoms. The number of ether oxygens (including phenoxy) is 2. The molecule has 0 bridgehead atoms. The maximum Gasteiger partial charge on any atom is 0.412 e. The number of carbonyl (C=O) groups is 1. The molecule has 0 atom stereocenters. The normalized spacial score (nSPS) is 10.2. The summed E-state index contributed by atoms with van der Waals surface area (Å²) in [4.78, 5) is 15.6. The molecule has 7 heteroatoms. The lowest BCUT2D eigenvalue weighted by molar-refractivity contribution is 0.155. The van der Waals surface area contributed by atoms with Crippen LogP contribution in [0.2, 0.25) is 0 Å². The van der Waals surface area contributed by atoms with E-state index in [4.69, 9.17) is 15.2 Å². The molecule has 0 aliphatic carbocycles. The van der Waals surface area contributed by atoms with Gasteiger partial charge in [-0.05, 0) is 23.8 Å². The minimum Gasteiger partial charge on any atom is -0.457 e. The standard InChI is InChI=1S/C19H16FN3O3/c20-16-10-14(26-15-8-9-22-18(21)11-15)6-7-17(16)23-19(24)25-12-13-4-2-1-3-5-13/h1-11H,12H2,(H2,21,22)(H,23,24). The van der Waals surface area contributed by atoms with Crippen molar-refractivity contribution in [2.45, 2.75) is 6.61 Å². The number of nitrogens with one attached hydrogen (secondary N) is 1. The van der Waals surface area contributed by atoms with Crippen LogP contribution in [0.4, 0.5) is 20.7 Å². The SMILES string of the molecule is Nc1cc(Oc2ccc(NC(=O)OCc3ccccc3)c(F)c2)ccn1. The smallest absolute Gasteiger partial charge is 0.412 e. The molecule has 0 aliphatic heterocycles. The van der Waals surface area contributed by atoms with Gasteiger partial charge in [-0.15, -0.1) is 0 Å². The van der Waals surface area contributed by atoms with E-state index in [9.17, 15) is 9.18 Å². The van der Waals surface area contributed by atoms with Crippen molar-refractivity contribution in [3.63, 3.8) is 0 Å². The van der Waals surface area contributed by atoms with Gasteiger partial charge in [0.25, 0.3) is 0 Å². The summed E-state index contributed by atoms with van der Waals surface area (Å²) < 4.78 is 24.7. The lowest BCUT2D eigenvalue weighted by Gasteiger charge is -2.10. The third kappa shape index (κ3) is 4.70. The Labute approximate surface area is 149 Å². The van der Waals surface area contributed by atoms with E-state index in [-0.39, 0.29) is 18.0 Å². The van der Waals surface area contributed by atoms with E-state index in [1.54, 1.807) is 6.07 Å². The van der Waals surface area contributed by atoms with E-state index in [2.05, 4.69) is 10.3 Å². The second kappa shape index (κ2) is 7.98. The molecule has 0 aliphatic rings. The van der Waals surface area contributed by atoms with Gasteiger partial charge in [-0.25, -0.2) is 14.2 Å². The van der Waals surface area contributed by atoms with Crippen LogP contribution in [0.1, 0.15) is 5.56 Å². The topological polar surface area (TPSA) is 86.5 Å². The van der Waals surface area contributed by atoms with Gasteiger partial charge in [0.1, 0.15) is 23.9 Å². The molecule has 6 nitrogen and oxygen atoms in total. The number of rotatable bonds is 5. The molecule has 0 saturated carbocycles. The number of hydrogen-bond donors (Lipinski definition) is 2. The number of amides is 1. The molecule has 3 rings (SSSR count). The molecule has 2 aromatic carbocycles. The van der Waals surface area contributed by atoms with Gasteiger partial charge in [0.2, 0.25) is 0 Å². The fourth-order valence-corrected chi connectivity index (χ4v) is 2.16. The van der Waals surface area contributed by atoms with Crippen molar-refractivity contribution >= 4 is 17.6 Å². The third-order valence-corrected chi connectivity index (χ3v) is 3.38. The van der Waals surface area contributed by atoms with Crippen molar-refractivity contribution in [1.29, 1.82) is 0 Å². The highest BCUT2D eigenvalue weighted by atomic mass is 19.1. The van der Waals surface area contributed by atoms with E-state index >= 15 is 0 Å². The first-order chi connectivity index (χ1) is 12.6. The van der Waals surface area contributed by atoms with E-state index in [0.717, 1.165) is 11.6 Å². The lowest BCUT2D eigenvalue weighted by Crippen LogP contribution is -2.14. The molecule has 132 valence electrons. The molecule has 1 aromatic heterocycles. The number of benzene rings is 2. The zero-order valence-corrected chi connectivity index (χ0v) is 13.7. The Morgan fingerprint density at radius 1 is 1.08 bits per heavy atom. The predicted molar refractivity (Wildman–Crippen MR) is 95.4 cm³/mol. The molecule has 3 aromatic rings. The molecular formula is C19H16FN3O3. The number of halogens is 1. The van der Waals surface area contributed by atoms with Crippen LogP contribution in [0.3, 0.4) is 0 Å². The van der Waals surface area contributed by atoms with Gasteiger partial charge in [-0.3, -0.25) is 5.32 Å². The third-order valence-electron chi connectivity index (χ3n) is 3.38. The molecule has 26 heavy (non-hydrogen) atoms. The average molecular weight is 353 g/mol. The number of anilines is 2. The van der Waals surface area contributed by atoms with Crippen molar-refractivity contribution in [2.24, 2.45) is 0 Å². The fourth-order valence-electron chi connectivity index (χ4n) is 2.16. The second-order valence-electron chi connectivity index (χ2n) is 5.35. The lowest BCUT2D eigenvalue weighted by atomic mass is 10.2. The molecule has 0 radical (unpaired) electrons. The maximum atomic E-state index is 14.2. The first-order valence-electron chi connectivity index (χ1n) is 7.77. The summed E-state index contributed by atoms with van der Waals surface area (Å²) in [6, 6.07) is 16.4. The van der Waals surface area contributed by atoms with Crippen LogP contribution >= 0.6 is 0 Å². The van der Waals surface area contributed by atoms with Crippen LogP contribution < -0.4 is 15.8 Å². The highest BCUT2D eigenvalue weighted by molar-refractivity contribution is 5.84. The number of nitrogen functional groups attached to an aromatic ring is 1. The summed E-state index contributed by atoms with van der Waals surface area (Å²) in [5.41, 5.74) is 6.39. The Kier molecular flexibility index (Phi) is 5.28. The van der Waals surface area contributed by atoms with Crippen molar-refractivity contribution in [1.82, 2.24) is 4.98 Å². The van der Waals surface area contributed by atoms with Crippen molar-refractivity contribution in [2.75, 3.05) is 11.1 Å². The van der Waals surface area contributed by atoms with Crippen LogP contribution in [-0.4, -0.2) is 11.1 Å². The summed E-state index contributed by atoms with van der Waals surface area (Å²) in [5.74, 6) is 0.333. The van der Waals surface area contributed by atoms with E-state index in [0.29, 0.717) is 11.6 Å². The predicted octanol–water partition coefficient (Wildman–Crippen LogP) is 4.34. The molecular weight excluding hydrogens is 337 g/mol. The summed E-state index contributed by atoms with van der Waals surface area (Å²) in [6.07, 6.45) is 0.739.